The van der Waals surface area contributed by atoms with Crippen LogP contribution in [0.3, 0.4) is 0 Å². The summed E-state index contributed by atoms with van der Waals surface area (Å²) in [5.74, 6) is -3.94. The molecule has 9 heteroatoms. The molecule has 2 aromatic rings. The summed E-state index contributed by atoms with van der Waals surface area (Å²) in [7, 11) is 0. The van der Waals surface area contributed by atoms with E-state index in [1.165, 1.54) is 0 Å². The molecule has 0 bridgehead atoms. The standard InChI is InChI=1S/C18H14F6O3/c1-9(2)26-15-7-10(3-4-14(15)20)16(25)11-5-12(19)8-13(6-11)27-18(23,24)17(21)22/h3-9,17H,1-2H3. The maximum Gasteiger partial charge on any atom is 0.461 e. The van der Waals surface area contributed by atoms with Crippen LogP contribution < -0.4 is 9.47 Å². The van der Waals surface area contributed by atoms with Crippen LogP contribution in [0.4, 0.5) is 26.3 Å². The predicted octanol–water partition coefficient (Wildman–Crippen LogP) is 5.22. The van der Waals surface area contributed by atoms with E-state index in [4.69, 9.17) is 4.74 Å². The molecule has 146 valence electrons. The van der Waals surface area contributed by atoms with Crippen LogP contribution in [0.1, 0.15) is 29.8 Å². The van der Waals surface area contributed by atoms with Crippen LogP contribution in [0.2, 0.25) is 0 Å². The van der Waals surface area contributed by atoms with Gasteiger partial charge in [-0.25, -0.2) is 8.78 Å². The van der Waals surface area contributed by atoms with Crippen LogP contribution in [0.15, 0.2) is 36.4 Å². The first kappa shape index (κ1) is 20.6. The van der Waals surface area contributed by atoms with E-state index in [2.05, 4.69) is 4.74 Å². The second-order valence-corrected chi connectivity index (χ2v) is 5.78. The largest absolute Gasteiger partial charge is 0.488 e. The average molecular weight is 392 g/mol. The van der Waals surface area contributed by atoms with Gasteiger partial charge in [0.2, 0.25) is 0 Å². The molecule has 0 N–H and O–H groups in total. The molecule has 0 aromatic heterocycles. The van der Waals surface area contributed by atoms with Crippen molar-refractivity contribution < 1.29 is 40.6 Å². The van der Waals surface area contributed by atoms with E-state index in [9.17, 15) is 31.1 Å². The molecule has 0 radical (unpaired) electrons. The fraction of sp³-hybridized carbons (Fsp3) is 0.278. The molecule has 0 aliphatic rings. The highest BCUT2D eigenvalue weighted by Gasteiger charge is 2.44. The molecule has 0 aliphatic carbocycles. The number of hydrogen-bond donors (Lipinski definition) is 0. The average Bonchev–Trinajstić information content (AvgIpc) is 2.54. The monoisotopic (exact) mass is 392 g/mol. The molecule has 0 amide bonds. The number of ketones is 1. The Balaban J connectivity index is 2.37. The van der Waals surface area contributed by atoms with Crippen molar-refractivity contribution in [3.8, 4) is 11.5 Å². The second-order valence-electron chi connectivity index (χ2n) is 5.78. The molecule has 2 aromatic carbocycles. The Hall–Kier alpha value is -2.71. The van der Waals surface area contributed by atoms with E-state index < -0.39 is 47.4 Å². The lowest BCUT2D eigenvalue weighted by Crippen LogP contribution is -2.33. The van der Waals surface area contributed by atoms with E-state index >= 15 is 0 Å². The first-order valence-electron chi connectivity index (χ1n) is 7.66. The highest BCUT2D eigenvalue weighted by atomic mass is 19.3. The van der Waals surface area contributed by atoms with Crippen LogP contribution in [-0.2, 0) is 0 Å². The molecular formula is C18H14F6O3. The Bertz CT molecular complexity index is 836. The zero-order chi connectivity index (χ0) is 20.4. The van der Waals surface area contributed by atoms with Crippen LogP contribution in [0.25, 0.3) is 0 Å². The Morgan fingerprint density at radius 1 is 1.00 bits per heavy atom. The van der Waals surface area contributed by atoms with Crippen LogP contribution in [-0.4, -0.2) is 24.4 Å². The molecule has 0 heterocycles. The van der Waals surface area contributed by atoms with Crippen molar-refractivity contribution in [2.24, 2.45) is 0 Å². The van der Waals surface area contributed by atoms with Gasteiger partial charge in [0, 0.05) is 17.2 Å². The van der Waals surface area contributed by atoms with Crippen molar-refractivity contribution in [3.63, 3.8) is 0 Å². The van der Waals surface area contributed by atoms with Gasteiger partial charge in [0.05, 0.1) is 6.10 Å². The molecular weight excluding hydrogens is 378 g/mol. The SMILES string of the molecule is CC(C)Oc1cc(C(=O)c2cc(F)cc(OC(F)(F)C(F)F)c2)ccc1F. The summed E-state index contributed by atoms with van der Waals surface area (Å²) in [4.78, 5) is 12.5. The van der Waals surface area contributed by atoms with Crippen molar-refractivity contribution in [2.75, 3.05) is 0 Å². The number of benzene rings is 2. The van der Waals surface area contributed by atoms with Crippen molar-refractivity contribution >= 4 is 5.78 Å². The van der Waals surface area contributed by atoms with Crippen LogP contribution in [0.5, 0.6) is 11.5 Å². The van der Waals surface area contributed by atoms with E-state index in [0.29, 0.717) is 18.2 Å². The smallest absolute Gasteiger partial charge is 0.461 e. The first-order valence-corrected chi connectivity index (χ1v) is 7.66. The van der Waals surface area contributed by atoms with Crippen LogP contribution >= 0.6 is 0 Å². The minimum atomic E-state index is -4.86. The fourth-order valence-electron chi connectivity index (χ4n) is 2.11. The number of rotatable bonds is 7. The highest BCUT2D eigenvalue weighted by molar-refractivity contribution is 6.09. The molecule has 0 spiro atoms. The van der Waals surface area contributed by atoms with E-state index in [0.717, 1.165) is 18.2 Å². The molecule has 0 unspecified atom stereocenters. The molecule has 3 nitrogen and oxygen atoms in total. The lowest BCUT2D eigenvalue weighted by molar-refractivity contribution is -0.253. The van der Waals surface area contributed by atoms with Gasteiger partial charge < -0.3 is 9.47 Å². The minimum absolute atomic E-state index is 0.121. The van der Waals surface area contributed by atoms with Gasteiger partial charge in [0.15, 0.2) is 17.3 Å². The Labute approximate surface area is 150 Å². The third-order valence-corrected chi connectivity index (χ3v) is 3.20. The van der Waals surface area contributed by atoms with Gasteiger partial charge in [-0.1, -0.05) is 0 Å². The third kappa shape index (κ3) is 5.15. The van der Waals surface area contributed by atoms with Gasteiger partial charge >= 0.3 is 12.5 Å². The molecule has 0 fully saturated rings. The lowest BCUT2D eigenvalue weighted by atomic mass is 10.0. The van der Waals surface area contributed by atoms with Gasteiger partial charge in [-0.05, 0) is 44.2 Å². The molecule has 27 heavy (non-hydrogen) atoms. The van der Waals surface area contributed by atoms with Crippen molar-refractivity contribution in [3.05, 3.63) is 59.2 Å². The summed E-state index contributed by atoms with van der Waals surface area (Å²) in [5, 5.41) is 0. The molecule has 0 atom stereocenters. The maximum atomic E-state index is 13.7. The summed E-state index contributed by atoms with van der Waals surface area (Å²) < 4.78 is 86.8. The summed E-state index contributed by atoms with van der Waals surface area (Å²) in [6, 6.07) is 4.94. The van der Waals surface area contributed by atoms with E-state index in [1.807, 2.05) is 0 Å². The first-order chi connectivity index (χ1) is 12.5. The van der Waals surface area contributed by atoms with Crippen LogP contribution in [0, 0.1) is 11.6 Å². The minimum Gasteiger partial charge on any atom is -0.488 e. The maximum absolute atomic E-state index is 13.7. The number of alkyl halides is 4. The number of carbonyl (C=O) groups is 1. The molecule has 0 saturated carbocycles. The molecule has 2 rings (SSSR count). The van der Waals surface area contributed by atoms with Crippen molar-refractivity contribution in [1.29, 1.82) is 0 Å². The van der Waals surface area contributed by atoms with E-state index in [1.54, 1.807) is 13.8 Å². The Morgan fingerprint density at radius 3 is 2.26 bits per heavy atom. The zero-order valence-corrected chi connectivity index (χ0v) is 14.1. The van der Waals surface area contributed by atoms with Crippen molar-refractivity contribution in [1.82, 2.24) is 0 Å². The molecule has 0 saturated heterocycles. The van der Waals surface area contributed by atoms with Crippen molar-refractivity contribution in [2.45, 2.75) is 32.5 Å². The highest BCUT2D eigenvalue weighted by Crippen LogP contribution is 2.30. The summed E-state index contributed by atoms with van der Waals surface area (Å²) in [6.45, 7) is 3.26. The third-order valence-electron chi connectivity index (χ3n) is 3.20. The van der Waals surface area contributed by atoms with Gasteiger partial charge in [-0.3, -0.25) is 4.79 Å². The number of hydrogen-bond acceptors (Lipinski definition) is 3. The lowest BCUT2D eigenvalue weighted by Gasteiger charge is -2.17. The van der Waals surface area contributed by atoms with Gasteiger partial charge in [0.25, 0.3) is 0 Å². The zero-order valence-electron chi connectivity index (χ0n) is 14.1. The summed E-state index contributed by atoms with van der Waals surface area (Å²) >= 11 is 0. The van der Waals surface area contributed by atoms with E-state index in [-0.39, 0.29) is 11.3 Å². The fourth-order valence-corrected chi connectivity index (χ4v) is 2.11. The van der Waals surface area contributed by atoms with Gasteiger partial charge in [-0.2, -0.15) is 17.6 Å². The Kier molecular flexibility index (Phi) is 6.02. The predicted molar refractivity (Wildman–Crippen MR) is 83.6 cm³/mol. The number of carbonyl (C=O) groups excluding carboxylic acids is 1. The summed E-state index contributed by atoms with van der Waals surface area (Å²) in [6.07, 6.45) is -9.40. The van der Waals surface area contributed by atoms with Gasteiger partial charge in [-0.15, -0.1) is 0 Å². The number of ether oxygens (including phenoxy) is 2. The topological polar surface area (TPSA) is 35.5 Å². The molecule has 0 aliphatic heterocycles. The second kappa shape index (κ2) is 7.89. The van der Waals surface area contributed by atoms with Gasteiger partial charge in [0.1, 0.15) is 11.6 Å². The summed E-state index contributed by atoms with van der Waals surface area (Å²) in [5.41, 5.74) is -0.568. The Morgan fingerprint density at radius 2 is 1.67 bits per heavy atom. The normalized spacial score (nSPS) is 11.8. The quantitative estimate of drug-likeness (QED) is 0.479. The number of halogens is 6.